The molecule has 4 heteroatoms. The summed E-state index contributed by atoms with van der Waals surface area (Å²) in [5, 5.41) is 3.57. The number of nitrogens with zero attached hydrogens (tertiary/aromatic N) is 2. The Kier molecular flexibility index (Phi) is 5.12. The van der Waals surface area contributed by atoms with Gasteiger partial charge < -0.3 is 15.0 Å². The third kappa shape index (κ3) is 4.19. The summed E-state index contributed by atoms with van der Waals surface area (Å²) in [6.07, 6.45) is 2.65. The fourth-order valence-electron chi connectivity index (χ4n) is 3.22. The summed E-state index contributed by atoms with van der Waals surface area (Å²) in [6, 6.07) is 9.61. The molecule has 0 amide bonds. The number of morpholine rings is 1. The predicted octanol–water partition coefficient (Wildman–Crippen LogP) is 2.02. The molecule has 1 aromatic rings. The molecule has 2 aliphatic heterocycles. The van der Waals surface area contributed by atoms with E-state index < -0.39 is 0 Å². The van der Waals surface area contributed by atoms with E-state index in [0.29, 0.717) is 6.04 Å². The lowest BCUT2D eigenvalue weighted by atomic mass is 10.1. The summed E-state index contributed by atoms with van der Waals surface area (Å²) in [5.74, 6) is 0. The van der Waals surface area contributed by atoms with Crippen molar-refractivity contribution in [2.75, 3.05) is 51.8 Å². The van der Waals surface area contributed by atoms with Gasteiger partial charge in [0, 0.05) is 37.9 Å². The zero-order valence-corrected chi connectivity index (χ0v) is 13.1. The molecule has 1 N–H and O–H groups in total. The molecule has 2 saturated heterocycles. The second-order valence-electron chi connectivity index (χ2n) is 6.24. The van der Waals surface area contributed by atoms with E-state index in [9.17, 15) is 0 Å². The van der Waals surface area contributed by atoms with Crippen molar-refractivity contribution >= 4 is 5.69 Å². The lowest BCUT2D eigenvalue weighted by molar-refractivity contribution is 0.0342. The Hall–Kier alpha value is -1.10. The molecule has 0 saturated carbocycles. The minimum Gasteiger partial charge on any atom is -0.383 e. The molecule has 1 aromatic carbocycles. The van der Waals surface area contributed by atoms with Crippen molar-refractivity contribution in [3.05, 3.63) is 29.8 Å². The first-order chi connectivity index (χ1) is 10.3. The van der Waals surface area contributed by atoms with Crippen LogP contribution in [0.2, 0.25) is 0 Å². The van der Waals surface area contributed by atoms with Crippen LogP contribution in [0.4, 0.5) is 5.69 Å². The Morgan fingerprint density at radius 3 is 2.57 bits per heavy atom. The molecule has 21 heavy (non-hydrogen) atoms. The molecular weight excluding hydrogens is 262 g/mol. The van der Waals surface area contributed by atoms with Crippen LogP contribution in [-0.4, -0.2) is 62.3 Å². The normalized spacial score (nSPS) is 24.3. The molecule has 2 heterocycles. The summed E-state index contributed by atoms with van der Waals surface area (Å²) < 4.78 is 5.39. The molecule has 0 radical (unpaired) electrons. The molecule has 0 aromatic heterocycles. The van der Waals surface area contributed by atoms with Gasteiger partial charge in [0.15, 0.2) is 0 Å². The number of anilines is 1. The van der Waals surface area contributed by atoms with Crippen LogP contribution in [0.1, 0.15) is 18.4 Å². The second kappa shape index (κ2) is 7.25. The molecule has 3 rings (SSSR count). The van der Waals surface area contributed by atoms with Crippen molar-refractivity contribution < 1.29 is 4.74 Å². The van der Waals surface area contributed by atoms with E-state index in [1.165, 1.54) is 30.6 Å². The van der Waals surface area contributed by atoms with Crippen molar-refractivity contribution in [3.8, 4) is 0 Å². The van der Waals surface area contributed by atoms with Gasteiger partial charge in [0.05, 0.1) is 13.2 Å². The average molecular weight is 289 g/mol. The van der Waals surface area contributed by atoms with Crippen molar-refractivity contribution in [2.45, 2.75) is 25.4 Å². The van der Waals surface area contributed by atoms with Gasteiger partial charge in [0.2, 0.25) is 0 Å². The molecule has 2 fully saturated rings. The van der Waals surface area contributed by atoms with Crippen LogP contribution >= 0.6 is 0 Å². The zero-order chi connectivity index (χ0) is 14.5. The van der Waals surface area contributed by atoms with Gasteiger partial charge in [-0.15, -0.1) is 0 Å². The minimum atomic E-state index is 0.693. The molecule has 4 nitrogen and oxygen atoms in total. The summed E-state index contributed by atoms with van der Waals surface area (Å²) in [5.41, 5.74) is 2.63. The van der Waals surface area contributed by atoms with Crippen LogP contribution in [0, 0.1) is 0 Å². The van der Waals surface area contributed by atoms with E-state index in [2.05, 4.69) is 46.4 Å². The highest BCUT2D eigenvalue weighted by molar-refractivity contribution is 5.44. The molecule has 0 spiro atoms. The van der Waals surface area contributed by atoms with Crippen molar-refractivity contribution in [3.63, 3.8) is 0 Å². The topological polar surface area (TPSA) is 27.7 Å². The quantitative estimate of drug-likeness (QED) is 0.897. The summed E-state index contributed by atoms with van der Waals surface area (Å²) >= 11 is 0. The molecule has 1 atom stereocenters. The Morgan fingerprint density at radius 1 is 1.14 bits per heavy atom. The van der Waals surface area contributed by atoms with Gasteiger partial charge in [-0.25, -0.2) is 0 Å². The van der Waals surface area contributed by atoms with Gasteiger partial charge in [-0.05, 0) is 44.1 Å². The number of benzene rings is 1. The Labute approximate surface area is 128 Å². The highest BCUT2D eigenvalue weighted by Crippen LogP contribution is 2.17. The SMILES string of the molecule is CN1CCCC1CNc1ccc(CN2CCOCC2)cc1. The first kappa shape index (κ1) is 14.8. The summed E-state index contributed by atoms with van der Waals surface area (Å²) in [6.45, 7) is 7.17. The molecule has 1 unspecified atom stereocenters. The van der Waals surface area contributed by atoms with Gasteiger partial charge in [-0.1, -0.05) is 12.1 Å². The van der Waals surface area contributed by atoms with Gasteiger partial charge in [-0.3, -0.25) is 4.90 Å². The second-order valence-corrected chi connectivity index (χ2v) is 6.24. The van der Waals surface area contributed by atoms with Crippen molar-refractivity contribution in [1.82, 2.24) is 9.80 Å². The molecule has 116 valence electrons. The smallest absolute Gasteiger partial charge is 0.0594 e. The Balaban J connectivity index is 1.47. The van der Waals surface area contributed by atoms with E-state index in [4.69, 9.17) is 4.74 Å². The maximum absolute atomic E-state index is 5.39. The number of likely N-dealkylation sites (N-methyl/N-ethyl adjacent to an activating group) is 1. The van der Waals surface area contributed by atoms with Crippen LogP contribution in [0.5, 0.6) is 0 Å². The maximum Gasteiger partial charge on any atom is 0.0594 e. The van der Waals surface area contributed by atoms with Gasteiger partial charge in [-0.2, -0.15) is 0 Å². The summed E-state index contributed by atoms with van der Waals surface area (Å²) in [4.78, 5) is 4.92. The Bertz CT molecular complexity index is 428. The van der Waals surface area contributed by atoms with Crippen LogP contribution in [-0.2, 0) is 11.3 Å². The standard InChI is InChI=1S/C17H27N3O/c1-19-8-2-3-17(19)13-18-16-6-4-15(5-7-16)14-20-9-11-21-12-10-20/h4-7,17-18H,2-3,8-14H2,1H3. The monoisotopic (exact) mass is 289 g/mol. The first-order valence-electron chi connectivity index (χ1n) is 8.14. The van der Waals surface area contributed by atoms with E-state index in [0.717, 1.165) is 39.4 Å². The molecule has 0 aliphatic carbocycles. The number of nitrogens with one attached hydrogen (secondary N) is 1. The number of rotatable bonds is 5. The van der Waals surface area contributed by atoms with E-state index in [-0.39, 0.29) is 0 Å². The predicted molar refractivity (Wildman–Crippen MR) is 86.7 cm³/mol. The van der Waals surface area contributed by atoms with Crippen LogP contribution in [0.3, 0.4) is 0 Å². The minimum absolute atomic E-state index is 0.693. The highest BCUT2D eigenvalue weighted by Gasteiger charge is 2.20. The van der Waals surface area contributed by atoms with E-state index in [1.54, 1.807) is 0 Å². The lowest BCUT2D eigenvalue weighted by Gasteiger charge is -2.26. The van der Waals surface area contributed by atoms with Crippen LogP contribution in [0.15, 0.2) is 24.3 Å². The third-order valence-corrected chi connectivity index (χ3v) is 4.68. The fourth-order valence-corrected chi connectivity index (χ4v) is 3.22. The van der Waals surface area contributed by atoms with E-state index in [1.807, 2.05) is 0 Å². The number of hydrogen-bond donors (Lipinski definition) is 1. The zero-order valence-electron chi connectivity index (χ0n) is 13.1. The highest BCUT2D eigenvalue weighted by atomic mass is 16.5. The van der Waals surface area contributed by atoms with Crippen molar-refractivity contribution in [2.24, 2.45) is 0 Å². The average Bonchev–Trinajstić information content (AvgIpc) is 2.93. The van der Waals surface area contributed by atoms with Gasteiger partial charge >= 0.3 is 0 Å². The number of likely N-dealkylation sites (tertiary alicyclic amines) is 1. The van der Waals surface area contributed by atoms with Gasteiger partial charge in [0.25, 0.3) is 0 Å². The summed E-state index contributed by atoms with van der Waals surface area (Å²) in [7, 11) is 2.23. The van der Waals surface area contributed by atoms with Crippen LogP contribution < -0.4 is 5.32 Å². The lowest BCUT2D eigenvalue weighted by Crippen LogP contribution is -2.35. The first-order valence-corrected chi connectivity index (χ1v) is 8.14. The largest absolute Gasteiger partial charge is 0.383 e. The van der Waals surface area contributed by atoms with Crippen molar-refractivity contribution in [1.29, 1.82) is 0 Å². The molecular formula is C17H27N3O. The molecule has 0 bridgehead atoms. The fraction of sp³-hybridized carbons (Fsp3) is 0.647. The third-order valence-electron chi connectivity index (χ3n) is 4.68. The van der Waals surface area contributed by atoms with Crippen LogP contribution in [0.25, 0.3) is 0 Å². The number of ether oxygens (including phenoxy) is 1. The number of hydrogen-bond acceptors (Lipinski definition) is 4. The van der Waals surface area contributed by atoms with Gasteiger partial charge in [0.1, 0.15) is 0 Å². The van der Waals surface area contributed by atoms with E-state index >= 15 is 0 Å². The maximum atomic E-state index is 5.39. The Morgan fingerprint density at radius 2 is 1.90 bits per heavy atom. The molecule has 2 aliphatic rings.